The van der Waals surface area contributed by atoms with Gasteiger partial charge in [-0.2, -0.15) is 0 Å². The number of hydrogen-bond acceptors (Lipinski definition) is 6. The highest BCUT2D eigenvalue weighted by atomic mass is 16.5. The number of ether oxygens (including phenoxy) is 3. The van der Waals surface area contributed by atoms with Crippen LogP contribution in [0.3, 0.4) is 0 Å². The molecule has 31 heavy (non-hydrogen) atoms. The summed E-state index contributed by atoms with van der Waals surface area (Å²) >= 11 is 0. The molecule has 2 aromatic carbocycles. The standard InChI is InChI=1S/C24H25NO6/c1-3-30-20-12-10-17(16-21(20)29-2)11-13-22(26)31-15-7-6-14-25-23(27)18-8-4-5-9-19(18)24(25)28/h4-5,8-13,16H,3,6-7,14-15H2,1-2H3/b13-11+. The number of hydrogen-bond donors (Lipinski definition) is 0. The lowest BCUT2D eigenvalue weighted by Gasteiger charge is -2.13. The Hall–Kier alpha value is -3.61. The van der Waals surface area contributed by atoms with E-state index in [2.05, 4.69) is 0 Å². The van der Waals surface area contributed by atoms with Gasteiger partial charge in [-0.15, -0.1) is 0 Å². The van der Waals surface area contributed by atoms with E-state index in [0.717, 1.165) is 5.56 Å². The second-order valence-electron chi connectivity index (χ2n) is 6.86. The van der Waals surface area contributed by atoms with E-state index < -0.39 is 5.97 Å². The maximum atomic E-state index is 12.3. The van der Waals surface area contributed by atoms with Crippen molar-refractivity contribution < 1.29 is 28.6 Å². The minimum atomic E-state index is -0.464. The van der Waals surface area contributed by atoms with Crippen molar-refractivity contribution in [1.29, 1.82) is 0 Å². The van der Waals surface area contributed by atoms with Crippen LogP contribution >= 0.6 is 0 Å². The van der Waals surface area contributed by atoms with Gasteiger partial charge in [0.2, 0.25) is 0 Å². The van der Waals surface area contributed by atoms with E-state index in [1.54, 1.807) is 49.6 Å². The lowest BCUT2D eigenvalue weighted by molar-refractivity contribution is -0.137. The number of nitrogens with zero attached hydrogens (tertiary/aromatic N) is 1. The molecule has 0 N–H and O–H groups in total. The molecule has 7 nitrogen and oxygen atoms in total. The van der Waals surface area contributed by atoms with E-state index in [0.29, 0.717) is 48.6 Å². The largest absolute Gasteiger partial charge is 0.493 e. The van der Waals surface area contributed by atoms with Gasteiger partial charge >= 0.3 is 5.97 Å². The van der Waals surface area contributed by atoms with Gasteiger partial charge in [-0.3, -0.25) is 14.5 Å². The third-order valence-electron chi connectivity index (χ3n) is 4.80. The lowest BCUT2D eigenvalue weighted by Crippen LogP contribution is -2.30. The van der Waals surface area contributed by atoms with Crippen molar-refractivity contribution in [2.45, 2.75) is 19.8 Å². The minimum Gasteiger partial charge on any atom is -0.493 e. The summed E-state index contributed by atoms with van der Waals surface area (Å²) in [5, 5.41) is 0. The number of methoxy groups -OCH3 is 1. The minimum absolute atomic E-state index is 0.207. The molecule has 0 radical (unpaired) electrons. The van der Waals surface area contributed by atoms with E-state index in [9.17, 15) is 14.4 Å². The molecular weight excluding hydrogens is 398 g/mol. The summed E-state index contributed by atoms with van der Waals surface area (Å²) in [7, 11) is 1.56. The van der Waals surface area contributed by atoms with Gasteiger partial charge in [0.15, 0.2) is 11.5 Å². The highest BCUT2D eigenvalue weighted by Crippen LogP contribution is 2.28. The summed E-state index contributed by atoms with van der Waals surface area (Å²) < 4.78 is 15.9. The third-order valence-corrected chi connectivity index (χ3v) is 4.80. The molecule has 7 heteroatoms. The van der Waals surface area contributed by atoms with Crippen molar-refractivity contribution in [1.82, 2.24) is 4.90 Å². The fourth-order valence-electron chi connectivity index (χ4n) is 3.26. The van der Waals surface area contributed by atoms with Crippen LogP contribution in [0.5, 0.6) is 11.5 Å². The summed E-state index contributed by atoms with van der Waals surface area (Å²) in [5.41, 5.74) is 1.66. The summed E-state index contributed by atoms with van der Waals surface area (Å²) in [4.78, 5) is 37.8. The number of benzene rings is 2. The van der Waals surface area contributed by atoms with Crippen molar-refractivity contribution in [3.05, 3.63) is 65.2 Å². The number of amides is 2. The van der Waals surface area contributed by atoms with Crippen LogP contribution in [0.1, 0.15) is 46.0 Å². The maximum absolute atomic E-state index is 12.3. The van der Waals surface area contributed by atoms with E-state index in [-0.39, 0.29) is 18.4 Å². The van der Waals surface area contributed by atoms with Crippen LogP contribution in [0.4, 0.5) is 0 Å². The van der Waals surface area contributed by atoms with Crippen molar-refractivity contribution in [2.75, 3.05) is 26.9 Å². The molecule has 0 aliphatic carbocycles. The Morgan fingerprint density at radius 1 is 1.00 bits per heavy atom. The molecule has 1 aliphatic heterocycles. The van der Waals surface area contributed by atoms with Gasteiger partial charge in [0.05, 0.1) is 31.5 Å². The number of imide groups is 1. The predicted octanol–water partition coefficient (Wildman–Crippen LogP) is 3.73. The van der Waals surface area contributed by atoms with Crippen LogP contribution < -0.4 is 9.47 Å². The van der Waals surface area contributed by atoms with Crippen LogP contribution in [0.2, 0.25) is 0 Å². The highest BCUT2D eigenvalue weighted by Gasteiger charge is 2.34. The molecule has 0 spiro atoms. The van der Waals surface area contributed by atoms with E-state index >= 15 is 0 Å². The Kier molecular flexibility index (Phi) is 7.43. The van der Waals surface area contributed by atoms with Gasteiger partial charge < -0.3 is 14.2 Å². The smallest absolute Gasteiger partial charge is 0.330 e. The summed E-state index contributed by atoms with van der Waals surface area (Å²) in [6.45, 7) is 2.93. The summed E-state index contributed by atoms with van der Waals surface area (Å²) in [5.74, 6) is 0.222. The molecule has 1 aliphatic rings. The van der Waals surface area contributed by atoms with Crippen LogP contribution in [0, 0.1) is 0 Å². The van der Waals surface area contributed by atoms with Crippen molar-refractivity contribution in [2.24, 2.45) is 0 Å². The van der Waals surface area contributed by atoms with Gasteiger partial charge in [0.1, 0.15) is 0 Å². The molecule has 162 valence electrons. The first kappa shape index (κ1) is 22.1. The van der Waals surface area contributed by atoms with Crippen molar-refractivity contribution in [3.8, 4) is 11.5 Å². The third kappa shape index (κ3) is 5.31. The monoisotopic (exact) mass is 423 g/mol. The van der Waals surface area contributed by atoms with Crippen LogP contribution in [-0.4, -0.2) is 49.6 Å². The molecule has 0 aromatic heterocycles. The van der Waals surface area contributed by atoms with E-state index in [4.69, 9.17) is 14.2 Å². The number of unbranched alkanes of at least 4 members (excludes halogenated alkanes) is 1. The van der Waals surface area contributed by atoms with Crippen LogP contribution in [0.15, 0.2) is 48.5 Å². The Balaban J connectivity index is 1.41. The molecule has 3 rings (SSSR count). The van der Waals surface area contributed by atoms with E-state index in [1.807, 2.05) is 13.0 Å². The number of rotatable bonds is 10. The molecule has 0 bridgehead atoms. The molecule has 2 amide bonds. The zero-order valence-corrected chi connectivity index (χ0v) is 17.6. The lowest BCUT2D eigenvalue weighted by atomic mass is 10.1. The van der Waals surface area contributed by atoms with Gasteiger partial charge in [0.25, 0.3) is 11.8 Å². The second kappa shape index (κ2) is 10.4. The van der Waals surface area contributed by atoms with E-state index in [1.165, 1.54) is 11.0 Å². The molecule has 0 fully saturated rings. The zero-order valence-electron chi connectivity index (χ0n) is 17.6. The van der Waals surface area contributed by atoms with Crippen LogP contribution in [0.25, 0.3) is 6.08 Å². The number of carbonyl (C=O) groups is 3. The maximum Gasteiger partial charge on any atom is 0.330 e. The Bertz CT molecular complexity index is 962. The first-order valence-corrected chi connectivity index (χ1v) is 10.2. The molecule has 2 aromatic rings. The summed E-state index contributed by atoms with van der Waals surface area (Å²) in [6.07, 6.45) is 4.08. The second-order valence-corrected chi connectivity index (χ2v) is 6.86. The molecule has 0 unspecified atom stereocenters. The highest BCUT2D eigenvalue weighted by molar-refractivity contribution is 6.21. The van der Waals surface area contributed by atoms with Crippen molar-refractivity contribution >= 4 is 23.9 Å². The molecular formula is C24H25NO6. The normalized spacial score (nSPS) is 12.9. The Morgan fingerprint density at radius 2 is 1.71 bits per heavy atom. The molecule has 0 saturated heterocycles. The number of esters is 1. The fraction of sp³-hybridized carbons (Fsp3) is 0.292. The van der Waals surface area contributed by atoms with Crippen molar-refractivity contribution in [3.63, 3.8) is 0 Å². The average molecular weight is 423 g/mol. The fourth-order valence-corrected chi connectivity index (χ4v) is 3.26. The van der Waals surface area contributed by atoms with Gasteiger partial charge in [-0.1, -0.05) is 18.2 Å². The molecule has 0 saturated carbocycles. The first-order chi connectivity index (χ1) is 15.0. The quantitative estimate of drug-likeness (QED) is 0.251. The zero-order chi connectivity index (χ0) is 22.2. The topological polar surface area (TPSA) is 82.1 Å². The Labute approximate surface area is 181 Å². The molecule has 0 atom stereocenters. The van der Waals surface area contributed by atoms with Crippen LogP contribution in [-0.2, 0) is 9.53 Å². The Morgan fingerprint density at radius 3 is 2.35 bits per heavy atom. The average Bonchev–Trinajstić information content (AvgIpc) is 3.03. The first-order valence-electron chi connectivity index (χ1n) is 10.2. The summed E-state index contributed by atoms with van der Waals surface area (Å²) in [6, 6.07) is 12.2. The van der Waals surface area contributed by atoms with Gasteiger partial charge in [0, 0.05) is 12.6 Å². The number of carbonyl (C=O) groups excluding carboxylic acids is 3. The molecule has 1 heterocycles. The van der Waals surface area contributed by atoms with Gasteiger partial charge in [-0.05, 0) is 55.7 Å². The SMILES string of the molecule is CCOc1ccc(/C=C/C(=O)OCCCCN2C(=O)c3ccccc3C2=O)cc1OC. The number of fused-ring (bicyclic) bond motifs is 1. The van der Waals surface area contributed by atoms with Gasteiger partial charge in [-0.25, -0.2) is 4.79 Å². The predicted molar refractivity (Wildman–Crippen MR) is 115 cm³/mol.